The number of ketones is 1. The largest absolute Gasteiger partial charge is 0.366 e. The standard InChI is InChI=1S/C18H16N2O3/c1-10-3-2-4-13-15(21)9-14(16(10)13)18(23)20-12-7-5-11(6-8-12)17(19)22/h2-8,14H,9H2,1H3,(H2,19,22)(H,20,23). The van der Waals surface area contributed by atoms with Gasteiger partial charge >= 0.3 is 0 Å². The van der Waals surface area contributed by atoms with Crippen LogP contribution in [0.5, 0.6) is 0 Å². The Morgan fingerprint density at radius 2 is 1.83 bits per heavy atom. The van der Waals surface area contributed by atoms with Crippen molar-refractivity contribution in [1.82, 2.24) is 0 Å². The summed E-state index contributed by atoms with van der Waals surface area (Å²) in [7, 11) is 0. The molecule has 116 valence electrons. The molecule has 1 aliphatic carbocycles. The summed E-state index contributed by atoms with van der Waals surface area (Å²) >= 11 is 0. The first kappa shape index (κ1) is 15.0. The molecule has 3 rings (SSSR count). The van der Waals surface area contributed by atoms with Gasteiger partial charge in [-0.25, -0.2) is 0 Å². The maximum atomic E-state index is 12.5. The van der Waals surface area contributed by atoms with Crippen molar-refractivity contribution in [3.8, 4) is 0 Å². The number of hydrogen-bond acceptors (Lipinski definition) is 3. The highest BCUT2D eigenvalue weighted by Gasteiger charge is 2.35. The smallest absolute Gasteiger partial charge is 0.248 e. The van der Waals surface area contributed by atoms with Gasteiger partial charge in [0.2, 0.25) is 11.8 Å². The van der Waals surface area contributed by atoms with E-state index in [9.17, 15) is 14.4 Å². The van der Waals surface area contributed by atoms with Crippen molar-refractivity contribution in [2.24, 2.45) is 5.73 Å². The molecular formula is C18H16N2O3. The molecule has 23 heavy (non-hydrogen) atoms. The number of nitrogens with two attached hydrogens (primary N) is 1. The first-order chi connectivity index (χ1) is 11.0. The van der Waals surface area contributed by atoms with Crippen LogP contribution in [0.25, 0.3) is 0 Å². The number of carbonyl (C=O) groups is 3. The van der Waals surface area contributed by atoms with E-state index >= 15 is 0 Å². The summed E-state index contributed by atoms with van der Waals surface area (Å²) in [5.74, 6) is -1.23. The van der Waals surface area contributed by atoms with Gasteiger partial charge in [0, 0.05) is 23.2 Å². The van der Waals surface area contributed by atoms with Gasteiger partial charge < -0.3 is 11.1 Å². The third-order valence-corrected chi connectivity index (χ3v) is 4.12. The molecule has 2 aromatic rings. The topological polar surface area (TPSA) is 89.3 Å². The SMILES string of the molecule is Cc1cccc2c1C(C(=O)Nc1ccc(C(N)=O)cc1)CC2=O. The molecule has 0 bridgehead atoms. The van der Waals surface area contributed by atoms with Crippen LogP contribution in [0.1, 0.15) is 44.2 Å². The van der Waals surface area contributed by atoms with E-state index in [1.165, 1.54) is 0 Å². The predicted octanol–water partition coefficient (Wildman–Crippen LogP) is 2.40. The zero-order valence-corrected chi connectivity index (χ0v) is 12.6. The average molecular weight is 308 g/mol. The first-order valence-electron chi connectivity index (χ1n) is 7.31. The fourth-order valence-corrected chi connectivity index (χ4v) is 2.95. The van der Waals surface area contributed by atoms with Gasteiger partial charge in [-0.3, -0.25) is 14.4 Å². The van der Waals surface area contributed by atoms with E-state index in [0.29, 0.717) is 16.8 Å². The van der Waals surface area contributed by atoms with Crippen LogP contribution >= 0.6 is 0 Å². The molecule has 0 aliphatic heterocycles. The molecule has 2 aromatic carbocycles. The van der Waals surface area contributed by atoms with Crippen molar-refractivity contribution in [1.29, 1.82) is 0 Å². The van der Waals surface area contributed by atoms with Crippen LogP contribution in [-0.2, 0) is 4.79 Å². The van der Waals surface area contributed by atoms with Gasteiger partial charge in [0.15, 0.2) is 5.78 Å². The van der Waals surface area contributed by atoms with Crippen LogP contribution in [0.2, 0.25) is 0 Å². The van der Waals surface area contributed by atoms with Gasteiger partial charge in [-0.2, -0.15) is 0 Å². The molecule has 0 radical (unpaired) electrons. The molecule has 0 aromatic heterocycles. The number of amides is 2. The number of benzene rings is 2. The quantitative estimate of drug-likeness (QED) is 0.912. The van der Waals surface area contributed by atoms with E-state index in [4.69, 9.17) is 5.73 Å². The second-order valence-electron chi connectivity index (χ2n) is 5.65. The van der Waals surface area contributed by atoms with E-state index in [1.54, 1.807) is 30.3 Å². The Morgan fingerprint density at radius 1 is 1.13 bits per heavy atom. The number of Topliss-reactive ketones (excluding diaryl/α,β-unsaturated/α-hetero) is 1. The lowest BCUT2D eigenvalue weighted by Gasteiger charge is -2.13. The maximum absolute atomic E-state index is 12.5. The highest BCUT2D eigenvalue weighted by atomic mass is 16.2. The summed E-state index contributed by atoms with van der Waals surface area (Å²) in [5.41, 5.74) is 8.51. The first-order valence-corrected chi connectivity index (χ1v) is 7.31. The molecule has 0 fully saturated rings. The number of anilines is 1. The molecule has 0 heterocycles. The van der Waals surface area contributed by atoms with Crippen LogP contribution in [-0.4, -0.2) is 17.6 Å². The average Bonchev–Trinajstić information content (AvgIpc) is 2.87. The number of rotatable bonds is 3. The van der Waals surface area contributed by atoms with Gasteiger partial charge in [0.25, 0.3) is 0 Å². The Balaban J connectivity index is 1.83. The van der Waals surface area contributed by atoms with E-state index in [-0.39, 0.29) is 18.1 Å². The number of primary amides is 1. The van der Waals surface area contributed by atoms with E-state index in [1.807, 2.05) is 19.1 Å². The fraction of sp³-hybridized carbons (Fsp3) is 0.167. The van der Waals surface area contributed by atoms with Gasteiger partial charge in [0.05, 0.1) is 5.92 Å². The zero-order valence-electron chi connectivity index (χ0n) is 12.6. The fourth-order valence-electron chi connectivity index (χ4n) is 2.95. The Labute approximate surface area is 133 Å². The molecule has 1 atom stereocenters. The van der Waals surface area contributed by atoms with E-state index in [2.05, 4.69) is 5.32 Å². The Kier molecular flexibility index (Phi) is 3.70. The molecule has 0 spiro atoms. The van der Waals surface area contributed by atoms with Gasteiger partial charge in [-0.1, -0.05) is 18.2 Å². The van der Waals surface area contributed by atoms with Crippen LogP contribution in [0, 0.1) is 6.92 Å². The molecule has 5 nitrogen and oxygen atoms in total. The van der Waals surface area contributed by atoms with Crippen LogP contribution in [0.15, 0.2) is 42.5 Å². The summed E-state index contributed by atoms with van der Waals surface area (Å²) in [5, 5.41) is 2.80. The molecular weight excluding hydrogens is 292 g/mol. The number of carbonyl (C=O) groups excluding carboxylic acids is 3. The molecule has 1 aliphatic rings. The van der Waals surface area contributed by atoms with Gasteiger partial charge in [-0.15, -0.1) is 0 Å². The minimum Gasteiger partial charge on any atom is -0.366 e. The van der Waals surface area contributed by atoms with Crippen molar-refractivity contribution in [3.63, 3.8) is 0 Å². The lowest BCUT2D eigenvalue weighted by Crippen LogP contribution is -2.20. The van der Waals surface area contributed by atoms with Crippen LogP contribution < -0.4 is 11.1 Å². The van der Waals surface area contributed by atoms with E-state index < -0.39 is 11.8 Å². The number of hydrogen-bond donors (Lipinski definition) is 2. The van der Waals surface area contributed by atoms with Crippen LogP contribution in [0.4, 0.5) is 5.69 Å². The third-order valence-electron chi connectivity index (χ3n) is 4.12. The Bertz CT molecular complexity index is 810. The minimum atomic E-state index is -0.520. The molecule has 3 N–H and O–H groups in total. The summed E-state index contributed by atoms with van der Waals surface area (Å²) in [6.07, 6.45) is 0.186. The van der Waals surface area contributed by atoms with Crippen molar-refractivity contribution in [2.45, 2.75) is 19.3 Å². The second-order valence-corrected chi connectivity index (χ2v) is 5.65. The van der Waals surface area contributed by atoms with Crippen molar-refractivity contribution < 1.29 is 14.4 Å². The lowest BCUT2D eigenvalue weighted by molar-refractivity contribution is -0.117. The van der Waals surface area contributed by atoms with Crippen molar-refractivity contribution in [2.75, 3.05) is 5.32 Å². The molecule has 1 unspecified atom stereocenters. The highest BCUT2D eigenvalue weighted by Crippen LogP contribution is 2.36. The summed E-state index contributed by atoms with van der Waals surface area (Å²) < 4.78 is 0. The summed E-state index contributed by atoms with van der Waals surface area (Å²) in [6.45, 7) is 1.90. The molecule has 2 amide bonds. The zero-order chi connectivity index (χ0) is 16.6. The predicted molar refractivity (Wildman–Crippen MR) is 86.5 cm³/mol. The van der Waals surface area contributed by atoms with Gasteiger partial charge in [-0.05, 0) is 42.3 Å². The molecule has 5 heteroatoms. The van der Waals surface area contributed by atoms with E-state index in [0.717, 1.165) is 11.1 Å². The monoisotopic (exact) mass is 308 g/mol. The van der Waals surface area contributed by atoms with Gasteiger partial charge in [0.1, 0.15) is 0 Å². The Hall–Kier alpha value is -2.95. The minimum absolute atomic E-state index is 0.00655. The highest BCUT2D eigenvalue weighted by molar-refractivity contribution is 6.09. The summed E-state index contributed by atoms with van der Waals surface area (Å²) in [6, 6.07) is 11.8. The van der Waals surface area contributed by atoms with Crippen molar-refractivity contribution in [3.05, 3.63) is 64.7 Å². The summed E-state index contributed by atoms with van der Waals surface area (Å²) in [4.78, 5) is 35.7. The number of aryl methyl sites for hydroxylation is 1. The maximum Gasteiger partial charge on any atom is 0.248 e. The second kappa shape index (κ2) is 5.68. The van der Waals surface area contributed by atoms with Crippen LogP contribution in [0.3, 0.4) is 0 Å². The lowest BCUT2D eigenvalue weighted by atomic mass is 9.96. The molecule has 0 saturated heterocycles. The third kappa shape index (κ3) is 2.73. The number of nitrogens with one attached hydrogen (secondary N) is 1. The normalized spacial score (nSPS) is 16.0. The number of fused-ring (bicyclic) bond motifs is 1. The Morgan fingerprint density at radius 3 is 2.48 bits per heavy atom. The molecule has 0 saturated carbocycles. The van der Waals surface area contributed by atoms with Crippen molar-refractivity contribution >= 4 is 23.3 Å².